The number of amides is 1. The number of anilines is 1. The predicted molar refractivity (Wildman–Crippen MR) is 76.5 cm³/mol. The molecule has 3 heteroatoms. The highest BCUT2D eigenvalue weighted by atomic mass is 16.2. The van der Waals surface area contributed by atoms with E-state index in [9.17, 15) is 4.79 Å². The molecule has 1 aromatic carbocycles. The van der Waals surface area contributed by atoms with Crippen molar-refractivity contribution in [2.45, 2.75) is 33.1 Å². The van der Waals surface area contributed by atoms with Crippen molar-refractivity contribution >= 4 is 11.6 Å². The molecule has 0 radical (unpaired) electrons. The molecule has 0 aromatic heterocycles. The number of hydrogen-bond acceptors (Lipinski definition) is 2. The highest BCUT2D eigenvalue weighted by Crippen LogP contribution is 2.19. The Morgan fingerprint density at radius 3 is 2.33 bits per heavy atom. The first-order valence-corrected chi connectivity index (χ1v) is 6.81. The number of nitrogens with zero attached hydrogens (tertiary/aromatic N) is 1. The molecule has 0 aliphatic heterocycles. The van der Waals surface area contributed by atoms with E-state index in [1.54, 1.807) is 0 Å². The molecule has 0 aliphatic carbocycles. The maximum absolute atomic E-state index is 12.5. The first-order valence-electron chi connectivity index (χ1n) is 6.81. The zero-order valence-electron chi connectivity index (χ0n) is 11.4. The SMILES string of the molecule is CCC(CC)C(=O)N(CCCN)c1ccccc1. The van der Waals surface area contributed by atoms with E-state index in [2.05, 4.69) is 13.8 Å². The summed E-state index contributed by atoms with van der Waals surface area (Å²) in [4.78, 5) is 14.4. The minimum Gasteiger partial charge on any atom is -0.330 e. The molecule has 0 spiro atoms. The van der Waals surface area contributed by atoms with Crippen LogP contribution in [0.25, 0.3) is 0 Å². The van der Waals surface area contributed by atoms with Crippen LogP contribution in [0.3, 0.4) is 0 Å². The number of hydrogen-bond donors (Lipinski definition) is 1. The third kappa shape index (κ3) is 3.84. The molecule has 0 aliphatic rings. The Morgan fingerprint density at radius 1 is 1.22 bits per heavy atom. The Labute approximate surface area is 110 Å². The molecule has 1 aromatic rings. The summed E-state index contributed by atoms with van der Waals surface area (Å²) in [6, 6.07) is 9.86. The van der Waals surface area contributed by atoms with Crippen molar-refractivity contribution in [3.8, 4) is 0 Å². The van der Waals surface area contributed by atoms with Gasteiger partial charge in [-0.2, -0.15) is 0 Å². The van der Waals surface area contributed by atoms with E-state index in [1.807, 2.05) is 35.2 Å². The zero-order chi connectivity index (χ0) is 13.4. The molecule has 1 rings (SSSR count). The van der Waals surface area contributed by atoms with Crippen molar-refractivity contribution in [1.29, 1.82) is 0 Å². The van der Waals surface area contributed by atoms with Crippen LogP contribution in [0.4, 0.5) is 5.69 Å². The van der Waals surface area contributed by atoms with Crippen LogP contribution >= 0.6 is 0 Å². The summed E-state index contributed by atoms with van der Waals surface area (Å²) in [5.74, 6) is 0.336. The molecule has 0 saturated heterocycles. The van der Waals surface area contributed by atoms with E-state index in [0.717, 1.165) is 24.9 Å². The first-order chi connectivity index (χ1) is 8.74. The molecule has 18 heavy (non-hydrogen) atoms. The van der Waals surface area contributed by atoms with Gasteiger partial charge in [0.15, 0.2) is 0 Å². The monoisotopic (exact) mass is 248 g/mol. The van der Waals surface area contributed by atoms with Gasteiger partial charge in [0.1, 0.15) is 0 Å². The molecular formula is C15H24N2O. The molecule has 100 valence electrons. The quantitative estimate of drug-likeness (QED) is 0.806. The Balaban J connectivity index is 2.87. The minimum absolute atomic E-state index is 0.114. The van der Waals surface area contributed by atoms with E-state index in [1.165, 1.54) is 0 Å². The molecule has 1 amide bonds. The van der Waals surface area contributed by atoms with Crippen LogP contribution in [0, 0.1) is 5.92 Å². The van der Waals surface area contributed by atoms with Gasteiger partial charge in [0.05, 0.1) is 0 Å². The topological polar surface area (TPSA) is 46.3 Å². The third-order valence-corrected chi connectivity index (χ3v) is 3.25. The van der Waals surface area contributed by atoms with Gasteiger partial charge in [-0.15, -0.1) is 0 Å². The second-order valence-corrected chi connectivity index (χ2v) is 4.48. The van der Waals surface area contributed by atoms with Crippen LogP contribution in [0.1, 0.15) is 33.1 Å². The molecular weight excluding hydrogens is 224 g/mol. The van der Waals surface area contributed by atoms with E-state index >= 15 is 0 Å². The van der Waals surface area contributed by atoms with Gasteiger partial charge >= 0.3 is 0 Å². The van der Waals surface area contributed by atoms with Crippen molar-refractivity contribution < 1.29 is 4.79 Å². The lowest BCUT2D eigenvalue weighted by Crippen LogP contribution is -2.37. The van der Waals surface area contributed by atoms with Gasteiger partial charge in [-0.3, -0.25) is 4.79 Å². The molecule has 0 saturated carbocycles. The fraction of sp³-hybridized carbons (Fsp3) is 0.533. The normalized spacial score (nSPS) is 10.7. The van der Waals surface area contributed by atoms with Crippen molar-refractivity contribution in [2.75, 3.05) is 18.0 Å². The summed E-state index contributed by atoms with van der Waals surface area (Å²) < 4.78 is 0. The Kier molecular flexibility index (Phi) is 6.44. The summed E-state index contributed by atoms with van der Waals surface area (Å²) in [6.07, 6.45) is 2.61. The van der Waals surface area contributed by atoms with Crippen LogP contribution in [0.2, 0.25) is 0 Å². The van der Waals surface area contributed by atoms with Crippen molar-refractivity contribution in [3.63, 3.8) is 0 Å². The summed E-state index contributed by atoms with van der Waals surface area (Å²) in [7, 11) is 0. The first kappa shape index (κ1) is 14.7. The van der Waals surface area contributed by atoms with E-state index in [4.69, 9.17) is 5.73 Å². The number of benzene rings is 1. The van der Waals surface area contributed by atoms with Crippen LogP contribution < -0.4 is 10.6 Å². The maximum atomic E-state index is 12.5. The van der Waals surface area contributed by atoms with Gasteiger partial charge < -0.3 is 10.6 Å². The number of rotatable bonds is 7. The number of carbonyl (C=O) groups excluding carboxylic acids is 1. The largest absolute Gasteiger partial charge is 0.330 e. The highest BCUT2D eigenvalue weighted by Gasteiger charge is 2.22. The lowest BCUT2D eigenvalue weighted by molar-refractivity contribution is -0.122. The summed E-state index contributed by atoms with van der Waals surface area (Å²) in [5, 5.41) is 0. The standard InChI is InChI=1S/C15H24N2O/c1-3-13(4-2)15(18)17(12-8-11-16)14-9-6-5-7-10-14/h5-7,9-10,13H,3-4,8,11-12,16H2,1-2H3. The van der Waals surface area contributed by atoms with Gasteiger partial charge in [0.25, 0.3) is 0 Å². The fourth-order valence-corrected chi connectivity index (χ4v) is 2.08. The Bertz CT molecular complexity index is 347. The molecule has 0 fully saturated rings. The minimum atomic E-state index is 0.114. The van der Waals surface area contributed by atoms with Crippen LogP contribution in [0.15, 0.2) is 30.3 Å². The molecule has 0 atom stereocenters. The van der Waals surface area contributed by atoms with Gasteiger partial charge in [0.2, 0.25) is 5.91 Å². The van der Waals surface area contributed by atoms with E-state index < -0.39 is 0 Å². The molecule has 2 N–H and O–H groups in total. The van der Waals surface area contributed by atoms with Crippen molar-refractivity contribution in [1.82, 2.24) is 0 Å². The summed E-state index contributed by atoms with van der Waals surface area (Å²) in [6.45, 7) is 5.45. The lowest BCUT2D eigenvalue weighted by Gasteiger charge is -2.26. The van der Waals surface area contributed by atoms with Crippen molar-refractivity contribution in [2.24, 2.45) is 11.7 Å². The van der Waals surface area contributed by atoms with Gasteiger partial charge in [0, 0.05) is 18.2 Å². The number of nitrogens with two attached hydrogens (primary N) is 1. The van der Waals surface area contributed by atoms with Crippen molar-refractivity contribution in [3.05, 3.63) is 30.3 Å². The molecule has 0 bridgehead atoms. The molecule has 0 unspecified atom stereocenters. The molecule has 0 heterocycles. The second kappa shape index (κ2) is 7.88. The van der Waals surface area contributed by atoms with Crippen LogP contribution in [-0.4, -0.2) is 19.0 Å². The Hall–Kier alpha value is -1.35. The van der Waals surface area contributed by atoms with E-state index in [0.29, 0.717) is 13.1 Å². The second-order valence-electron chi connectivity index (χ2n) is 4.48. The van der Waals surface area contributed by atoms with Gasteiger partial charge in [-0.25, -0.2) is 0 Å². The average Bonchev–Trinajstić information content (AvgIpc) is 2.42. The predicted octanol–water partition coefficient (Wildman–Crippen LogP) is 2.80. The molecule has 3 nitrogen and oxygen atoms in total. The number of para-hydroxylation sites is 1. The highest BCUT2D eigenvalue weighted by molar-refractivity contribution is 5.94. The van der Waals surface area contributed by atoms with Crippen LogP contribution in [0.5, 0.6) is 0 Å². The lowest BCUT2D eigenvalue weighted by atomic mass is 10.0. The van der Waals surface area contributed by atoms with Crippen LogP contribution in [-0.2, 0) is 4.79 Å². The smallest absolute Gasteiger partial charge is 0.230 e. The van der Waals surface area contributed by atoms with E-state index in [-0.39, 0.29) is 11.8 Å². The summed E-state index contributed by atoms with van der Waals surface area (Å²) >= 11 is 0. The van der Waals surface area contributed by atoms with Gasteiger partial charge in [-0.05, 0) is 37.9 Å². The third-order valence-electron chi connectivity index (χ3n) is 3.25. The number of carbonyl (C=O) groups is 1. The zero-order valence-corrected chi connectivity index (χ0v) is 11.4. The van der Waals surface area contributed by atoms with Gasteiger partial charge in [-0.1, -0.05) is 32.0 Å². The summed E-state index contributed by atoms with van der Waals surface area (Å²) in [5.41, 5.74) is 6.53. The maximum Gasteiger partial charge on any atom is 0.230 e. The Morgan fingerprint density at radius 2 is 1.83 bits per heavy atom. The fourth-order valence-electron chi connectivity index (χ4n) is 2.08. The average molecular weight is 248 g/mol.